The molecule has 2 N–H and O–H groups in total. The van der Waals surface area contributed by atoms with E-state index in [0.29, 0.717) is 10.7 Å². The summed E-state index contributed by atoms with van der Waals surface area (Å²) in [6.07, 6.45) is 1.80. The first-order chi connectivity index (χ1) is 8.24. The summed E-state index contributed by atoms with van der Waals surface area (Å²) < 4.78 is 1.86. The van der Waals surface area contributed by atoms with Crippen LogP contribution >= 0.6 is 11.6 Å². The normalized spacial score (nSPS) is 10.9. The van der Waals surface area contributed by atoms with E-state index in [1.165, 1.54) is 0 Å². The largest absolute Gasteiger partial charge is 0.398 e. The van der Waals surface area contributed by atoms with Gasteiger partial charge in [0, 0.05) is 22.5 Å². The Bertz CT molecular complexity index is 673. The van der Waals surface area contributed by atoms with Gasteiger partial charge in [-0.15, -0.1) is 10.2 Å². The van der Waals surface area contributed by atoms with Crippen molar-refractivity contribution in [3.8, 4) is 11.4 Å². The van der Waals surface area contributed by atoms with Gasteiger partial charge in [-0.25, -0.2) is 0 Å². The number of nitrogens with zero attached hydrogens (tertiary/aromatic N) is 3. The summed E-state index contributed by atoms with van der Waals surface area (Å²) in [5.74, 6) is 0.754. The lowest BCUT2D eigenvalue weighted by Crippen LogP contribution is -1.92. The Kier molecular flexibility index (Phi) is 2.23. The van der Waals surface area contributed by atoms with Crippen molar-refractivity contribution in [2.75, 3.05) is 5.73 Å². The second kappa shape index (κ2) is 3.75. The van der Waals surface area contributed by atoms with E-state index < -0.39 is 0 Å². The minimum Gasteiger partial charge on any atom is -0.398 e. The van der Waals surface area contributed by atoms with E-state index in [1.807, 2.05) is 34.7 Å². The lowest BCUT2D eigenvalue weighted by Gasteiger charge is -2.01. The number of rotatable bonds is 1. The molecule has 0 atom stereocenters. The second-order valence-electron chi connectivity index (χ2n) is 3.72. The molecule has 3 rings (SSSR count). The van der Waals surface area contributed by atoms with Crippen LogP contribution in [-0.4, -0.2) is 14.6 Å². The summed E-state index contributed by atoms with van der Waals surface area (Å²) in [4.78, 5) is 0. The number of hydrogen-bond donors (Lipinski definition) is 1. The van der Waals surface area contributed by atoms with Crippen LogP contribution in [0.1, 0.15) is 0 Å². The van der Waals surface area contributed by atoms with Crippen LogP contribution in [0, 0.1) is 0 Å². The highest BCUT2D eigenvalue weighted by Crippen LogP contribution is 2.21. The van der Waals surface area contributed by atoms with E-state index in [1.54, 1.807) is 12.3 Å². The van der Waals surface area contributed by atoms with Crippen LogP contribution < -0.4 is 5.73 Å². The highest BCUT2D eigenvalue weighted by Gasteiger charge is 2.07. The van der Waals surface area contributed by atoms with Gasteiger partial charge >= 0.3 is 0 Å². The molecule has 0 saturated heterocycles. The first-order valence-electron chi connectivity index (χ1n) is 5.10. The minimum atomic E-state index is 0.674. The van der Waals surface area contributed by atoms with Crippen LogP contribution in [0.15, 0.2) is 42.6 Å². The first kappa shape index (κ1) is 10.1. The zero-order valence-electron chi connectivity index (χ0n) is 8.84. The van der Waals surface area contributed by atoms with Crippen LogP contribution in [0.2, 0.25) is 5.02 Å². The van der Waals surface area contributed by atoms with Gasteiger partial charge in [-0.2, -0.15) is 0 Å². The van der Waals surface area contributed by atoms with Gasteiger partial charge in [-0.3, -0.25) is 4.40 Å². The van der Waals surface area contributed by atoms with Gasteiger partial charge in [-0.1, -0.05) is 11.6 Å². The van der Waals surface area contributed by atoms with Crippen molar-refractivity contribution in [1.29, 1.82) is 0 Å². The van der Waals surface area contributed by atoms with Crippen molar-refractivity contribution in [3.63, 3.8) is 0 Å². The van der Waals surface area contributed by atoms with Gasteiger partial charge in [0.2, 0.25) is 0 Å². The number of benzene rings is 1. The van der Waals surface area contributed by atoms with Crippen LogP contribution in [0.4, 0.5) is 5.69 Å². The highest BCUT2D eigenvalue weighted by molar-refractivity contribution is 6.30. The molecule has 3 aromatic rings. The Balaban J connectivity index is 2.23. The molecule has 0 bridgehead atoms. The number of nitrogen functional groups attached to an aromatic ring is 1. The number of aromatic nitrogens is 3. The molecular formula is C12H9ClN4. The fraction of sp³-hybridized carbons (Fsp3) is 0. The highest BCUT2D eigenvalue weighted by atomic mass is 35.5. The number of nitrogens with two attached hydrogens (primary N) is 1. The van der Waals surface area contributed by atoms with Crippen LogP contribution in [0.3, 0.4) is 0 Å². The summed E-state index contributed by atoms with van der Waals surface area (Å²) in [5, 5.41) is 8.93. The zero-order valence-corrected chi connectivity index (χ0v) is 9.59. The molecule has 0 aliphatic rings. The fourth-order valence-corrected chi connectivity index (χ4v) is 1.83. The number of hydrogen-bond acceptors (Lipinski definition) is 3. The number of fused-ring (bicyclic) bond motifs is 1. The van der Waals surface area contributed by atoms with E-state index in [2.05, 4.69) is 10.2 Å². The number of pyridine rings is 1. The Morgan fingerprint density at radius 1 is 1.00 bits per heavy atom. The Hall–Kier alpha value is -2.07. The summed E-state index contributed by atoms with van der Waals surface area (Å²) in [6, 6.07) is 11.1. The molecule has 0 aliphatic heterocycles. The van der Waals surface area contributed by atoms with Crippen molar-refractivity contribution in [2.45, 2.75) is 0 Å². The topological polar surface area (TPSA) is 56.2 Å². The van der Waals surface area contributed by atoms with Crippen molar-refractivity contribution in [1.82, 2.24) is 14.6 Å². The zero-order chi connectivity index (χ0) is 11.8. The molecular weight excluding hydrogens is 236 g/mol. The third-order valence-electron chi connectivity index (χ3n) is 2.53. The molecule has 0 unspecified atom stereocenters. The van der Waals surface area contributed by atoms with Gasteiger partial charge in [0.05, 0.1) is 0 Å². The molecule has 84 valence electrons. The molecule has 4 nitrogen and oxygen atoms in total. The van der Waals surface area contributed by atoms with Crippen LogP contribution in [0.5, 0.6) is 0 Å². The maximum Gasteiger partial charge on any atom is 0.168 e. The summed E-state index contributed by atoms with van der Waals surface area (Å²) in [7, 11) is 0. The second-order valence-corrected chi connectivity index (χ2v) is 4.16. The monoisotopic (exact) mass is 244 g/mol. The molecule has 0 aliphatic carbocycles. The number of halogens is 1. The van der Waals surface area contributed by atoms with E-state index in [-0.39, 0.29) is 0 Å². The fourth-order valence-electron chi connectivity index (χ4n) is 1.70. The van der Waals surface area contributed by atoms with Gasteiger partial charge < -0.3 is 5.73 Å². The van der Waals surface area contributed by atoms with Crippen molar-refractivity contribution in [3.05, 3.63) is 47.6 Å². The molecule has 17 heavy (non-hydrogen) atoms. The maximum absolute atomic E-state index is 5.85. The Labute approximate surface area is 103 Å². The Morgan fingerprint density at radius 3 is 2.53 bits per heavy atom. The van der Waals surface area contributed by atoms with E-state index >= 15 is 0 Å². The SMILES string of the molecule is Nc1ccc2nnc(-c3ccc(Cl)cc3)n2c1. The van der Waals surface area contributed by atoms with E-state index in [0.717, 1.165) is 17.0 Å². The third-order valence-corrected chi connectivity index (χ3v) is 2.78. The standard InChI is InChI=1S/C12H9ClN4/c13-9-3-1-8(2-4-9)12-16-15-11-6-5-10(14)7-17(11)12/h1-7H,14H2. The number of anilines is 1. The molecule has 2 heterocycles. The van der Waals surface area contributed by atoms with Crippen LogP contribution in [0.25, 0.3) is 17.0 Å². The molecule has 0 radical (unpaired) electrons. The molecule has 5 heteroatoms. The predicted molar refractivity (Wildman–Crippen MR) is 67.8 cm³/mol. The minimum absolute atomic E-state index is 0.674. The quantitative estimate of drug-likeness (QED) is 0.716. The molecule has 1 aromatic carbocycles. The molecule has 2 aromatic heterocycles. The van der Waals surface area contributed by atoms with Gasteiger partial charge in [0.15, 0.2) is 11.5 Å². The lowest BCUT2D eigenvalue weighted by atomic mass is 10.2. The summed E-state index contributed by atoms with van der Waals surface area (Å²) in [6.45, 7) is 0. The van der Waals surface area contributed by atoms with Gasteiger partial charge in [0.1, 0.15) is 0 Å². The molecule has 0 spiro atoms. The van der Waals surface area contributed by atoms with Gasteiger partial charge in [0.25, 0.3) is 0 Å². The predicted octanol–water partition coefficient (Wildman–Crippen LogP) is 2.63. The van der Waals surface area contributed by atoms with Crippen LogP contribution in [-0.2, 0) is 0 Å². The molecule has 0 amide bonds. The van der Waals surface area contributed by atoms with E-state index in [9.17, 15) is 0 Å². The molecule has 0 saturated carbocycles. The summed E-state index contributed by atoms with van der Waals surface area (Å²) in [5.41, 5.74) is 8.15. The van der Waals surface area contributed by atoms with Gasteiger partial charge in [-0.05, 0) is 36.4 Å². The smallest absolute Gasteiger partial charge is 0.168 e. The van der Waals surface area contributed by atoms with Crippen molar-refractivity contribution >= 4 is 22.9 Å². The Morgan fingerprint density at radius 2 is 1.76 bits per heavy atom. The summed E-state index contributed by atoms with van der Waals surface area (Å²) >= 11 is 5.85. The third kappa shape index (κ3) is 1.72. The van der Waals surface area contributed by atoms with Crippen molar-refractivity contribution < 1.29 is 0 Å². The average molecular weight is 245 g/mol. The maximum atomic E-state index is 5.85. The first-order valence-corrected chi connectivity index (χ1v) is 5.48. The van der Waals surface area contributed by atoms with E-state index in [4.69, 9.17) is 17.3 Å². The average Bonchev–Trinajstić information content (AvgIpc) is 2.73. The lowest BCUT2D eigenvalue weighted by molar-refractivity contribution is 1.11. The molecule has 0 fully saturated rings. The van der Waals surface area contributed by atoms with Crippen molar-refractivity contribution in [2.24, 2.45) is 0 Å².